The van der Waals surface area contributed by atoms with Crippen molar-refractivity contribution in [3.8, 4) is 0 Å². The summed E-state index contributed by atoms with van der Waals surface area (Å²) in [5, 5.41) is 6.23. The van der Waals surface area contributed by atoms with Crippen LogP contribution in [-0.2, 0) is 12.8 Å². The number of anilines is 1. The van der Waals surface area contributed by atoms with Gasteiger partial charge in [-0.1, -0.05) is 13.3 Å². The van der Waals surface area contributed by atoms with Crippen LogP contribution in [0, 0.1) is 0 Å². The predicted octanol–water partition coefficient (Wildman–Crippen LogP) is 2.52. The smallest absolute Gasteiger partial charge is 0.132 e. The largest absolute Gasteiger partial charge is 0.373 e. The van der Waals surface area contributed by atoms with Gasteiger partial charge in [0.15, 0.2) is 0 Å². The minimum Gasteiger partial charge on any atom is -0.373 e. The van der Waals surface area contributed by atoms with Crippen molar-refractivity contribution >= 4 is 17.2 Å². The summed E-state index contributed by atoms with van der Waals surface area (Å²) >= 11 is 1.67. The van der Waals surface area contributed by atoms with Gasteiger partial charge >= 0.3 is 0 Å². The quantitative estimate of drug-likeness (QED) is 0.883. The second-order valence-corrected chi connectivity index (χ2v) is 4.73. The maximum atomic E-state index is 4.40. The van der Waals surface area contributed by atoms with E-state index in [0.717, 1.165) is 35.8 Å². The second-order valence-electron chi connectivity index (χ2n) is 3.75. The van der Waals surface area contributed by atoms with E-state index in [4.69, 9.17) is 0 Å². The van der Waals surface area contributed by atoms with Gasteiger partial charge in [-0.15, -0.1) is 11.3 Å². The van der Waals surface area contributed by atoms with E-state index in [1.807, 2.05) is 18.6 Å². The normalized spacial score (nSPS) is 10.5. The fourth-order valence-corrected chi connectivity index (χ4v) is 2.43. The summed E-state index contributed by atoms with van der Waals surface area (Å²) in [5.74, 6) is 0.938. The highest BCUT2D eigenvalue weighted by molar-refractivity contribution is 7.09. The van der Waals surface area contributed by atoms with Crippen molar-refractivity contribution in [1.29, 1.82) is 0 Å². The van der Waals surface area contributed by atoms with Gasteiger partial charge in [-0.3, -0.25) is 0 Å². The van der Waals surface area contributed by atoms with Gasteiger partial charge in [-0.25, -0.2) is 15.0 Å². The fraction of sp³-hybridized carbons (Fsp3) is 0.417. The molecule has 0 aliphatic rings. The monoisotopic (exact) mass is 248 g/mol. The first-order valence-electron chi connectivity index (χ1n) is 5.74. The molecule has 90 valence electrons. The highest BCUT2D eigenvalue weighted by Crippen LogP contribution is 2.20. The van der Waals surface area contributed by atoms with Gasteiger partial charge in [-0.05, 0) is 6.42 Å². The molecule has 0 fully saturated rings. The van der Waals surface area contributed by atoms with E-state index in [-0.39, 0.29) is 0 Å². The minimum atomic E-state index is 0.796. The Labute approximate surface area is 105 Å². The van der Waals surface area contributed by atoms with Crippen LogP contribution in [-0.4, -0.2) is 22.0 Å². The zero-order valence-electron chi connectivity index (χ0n) is 10.1. The third-order valence-corrected chi connectivity index (χ3v) is 3.35. The molecule has 0 saturated heterocycles. The topological polar surface area (TPSA) is 50.7 Å². The molecule has 0 aliphatic carbocycles. The maximum absolute atomic E-state index is 4.40. The molecule has 2 aromatic rings. The molecular weight excluding hydrogens is 232 g/mol. The van der Waals surface area contributed by atoms with Crippen LogP contribution in [0.2, 0.25) is 0 Å². The summed E-state index contributed by atoms with van der Waals surface area (Å²) in [6.45, 7) is 2.17. The second kappa shape index (κ2) is 5.72. The summed E-state index contributed by atoms with van der Waals surface area (Å²) in [4.78, 5) is 13.0. The van der Waals surface area contributed by atoms with E-state index in [1.54, 1.807) is 17.7 Å². The zero-order valence-corrected chi connectivity index (χ0v) is 10.9. The Morgan fingerprint density at radius 1 is 1.29 bits per heavy atom. The van der Waals surface area contributed by atoms with E-state index >= 15 is 0 Å². The molecular formula is C12H16N4S. The van der Waals surface area contributed by atoms with Gasteiger partial charge in [0.2, 0.25) is 0 Å². The van der Waals surface area contributed by atoms with Crippen LogP contribution in [0.3, 0.4) is 0 Å². The Morgan fingerprint density at radius 3 is 2.82 bits per heavy atom. The van der Waals surface area contributed by atoms with Crippen molar-refractivity contribution in [1.82, 2.24) is 15.0 Å². The van der Waals surface area contributed by atoms with E-state index in [2.05, 4.69) is 27.2 Å². The fourth-order valence-electron chi connectivity index (χ4n) is 1.81. The van der Waals surface area contributed by atoms with Crippen LogP contribution in [0.25, 0.3) is 0 Å². The number of aromatic nitrogens is 3. The SMILES string of the molecule is CCCc1c(Cc2nccs2)ncnc1NC. The molecule has 1 N–H and O–H groups in total. The Bertz CT molecular complexity index is 467. The van der Waals surface area contributed by atoms with Crippen LogP contribution in [0.1, 0.15) is 29.6 Å². The number of hydrogen-bond donors (Lipinski definition) is 1. The van der Waals surface area contributed by atoms with E-state index in [9.17, 15) is 0 Å². The van der Waals surface area contributed by atoms with Gasteiger partial charge in [0, 0.05) is 30.6 Å². The Hall–Kier alpha value is -1.49. The standard InChI is InChI=1S/C12H16N4S/c1-3-4-9-10(7-11-14-5-6-17-11)15-8-16-12(9)13-2/h5-6,8H,3-4,7H2,1-2H3,(H,13,15,16). The van der Waals surface area contributed by atoms with Crippen molar-refractivity contribution < 1.29 is 0 Å². The molecule has 17 heavy (non-hydrogen) atoms. The van der Waals surface area contributed by atoms with Gasteiger partial charge in [0.25, 0.3) is 0 Å². The zero-order chi connectivity index (χ0) is 12.1. The highest BCUT2D eigenvalue weighted by atomic mass is 32.1. The summed E-state index contributed by atoms with van der Waals surface area (Å²) < 4.78 is 0. The molecule has 0 saturated carbocycles. The van der Waals surface area contributed by atoms with E-state index in [0.29, 0.717) is 0 Å². The van der Waals surface area contributed by atoms with Crippen LogP contribution in [0.5, 0.6) is 0 Å². The molecule has 0 bridgehead atoms. The van der Waals surface area contributed by atoms with Crippen LogP contribution >= 0.6 is 11.3 Å². The maximum Gasteiger partial charge on any atom is 0.132 e. The van der Waals surface area contributed by atoms with Crippen LogP contribution < -0.4 is 5.32 Å². The predicted molar refractivity (Wildman–Crippen MR) is 70.5 cm³/mol. The van der Waals surface area contributed by atoms with Crippen molar-refractivity contribution in [2.75, 3.05) is 12.4 Å². The molecule has 2 aromatic heterocycles. The average molecular weight is 248 g/mol. The molecule has 0 amide bonds. The lowest BCUT2D eigenvalue weighted by molar-refractivity contribution is 0.867. The first kappa shape index (κ1) is 12.0. The third-order valence-electron chi connectivity index (χ3n) is 2.57. The number of thiazole rings is 1. The van der Waals surface area contributed by atoms with E-state index < -0.39 is 0 Å². The molecule has 2 rings (SSSR count). The van der Waals surface area contributed by atoms with Crippen molar-refractivity contribution in [2.45, 2.75) is 26.2 Å². The summed E-state index contributed by atoms with van der Waals surface area (Å²) in [7, 11) is 1.90. The molecule has 5 heteroatoms. The van der Waals surface area contributed by atoms with Crippen LogP contribution in [0.4, 0.5) is 5.82 Å². The Morgan fingerprint density at radius 2 is 2.18 bits per heavy atom. The number of nitrogens with one attached hydrogen (secondary N) is 1. The molecule has 0 atom stereocenters. The van der Waals surface area contributed by atoms with Crippen molar-refractivity contribution in [2.24, 2.45) is 0 Å². The van der Waals surface area contributed by atoms with Gasteiger partial charge < -0.3 is 5.32 Å². The molecule has 0 spiro atoms. The highest BCUT2D eigenvalue weighted by Gasteiger charge is 2.11. The van der Waals surface area contributed by atoms with Crippen LogP contribution in [0.15, 0.2) is 17.9 Å². The molecule has 4 nitrogen and oxygen atoms in total. The minimum absolute atomic E-state index is 0.796. The third kappa shape index (κ3) is 2.79. The summed E-state index contributed by atoms with van der Waals surface area (Å²) in [6.07, 6.45) is 6.34. The van der Waals surface area contributed by atoms with Crippen molar-refractivity contribution in [3.63, 3.8) is 0 Å². The summed E-state index contributed by atoms with van der Waals surface area (Å²) in [6, 6.07) is 0. The van der Waals surface area contributed by atoms with Gasteiger partial charge in [-0.2, -0.15) is 0 Å². The number of rotatable bonds is 5. The Balaban J connectivity index is 2.31. The average Bonchev–Trinajstić information content (AvgIpc) is 2.84. The summed E-state index contributed by atoms with van der Waals surface area (Å²) in [5.41, 5.74) is 2.30. The van der Waals surface area contributed by atoms with Crippen molar-refractivity contribution in [3.05, 3.63) is 34.2 Å². The van der Waals surface area contributed by atoms with Gasteiger partial charge in [0.1, 0.15) is 12.1 Å². The molecule has 2 heterocycles. The number of nitrogens with zero attached hydrogens (tertiary/aromatic N) is 3. The lowest BCUT2D eigenvalue weighted by Crippen LogP contribution is -2.06. The Kier molecular flexibility index (Phi) is 4.03. The number of hydrogen-bond acceptors (Lipinski definition) is 5. The molecule has 0 radical (unpaired) electrons. The molecule has 0 aromatic carbocycles. The first-order valence-corrected chi connectivity index (χ1v) is 6.62. The first-order chi connectivity index (χ1) is 8.35. The lowest BCUT2D eigenvalue weighted by Gasteiger charge is -2.10. The van der Waals surface area contributed by atoms with Gasteiger partial charge in [0.05, 0.1) is 10.7 Å². The van der Waals surface area contributed by atoms with E-state index in [1.165, 1.54) is 5.56 Å². The lowest BCUT2D eigenvalue weighted by atomic mass is 10.1. The molecule has 0 aliphatic heterocycles. The molecule has 0 unspecified atom stereocenters.